The van der Waals surface area contributed by atoms with Crippen LogP contribution in [0.2, 0.25) is 0 Å². The Hall–Kier alpha value is -4.34. The van der Waals surface area contributed by atoms with Crippen molar-refractivity contribution in [3.05, 3.63) is 83.9 Å². The summed E-state index contributed by atoms with van der Waals surface area (Å²) in [6.45, 7) is 3.56. The van der Waals surface area contributed by atoms with E-state index < -0.39 is 35.9 Å². The van der Waals surface area contributed by atoms with Gasteiger partial charge in [0.05, 0.1) is 19.6 Å². The number of benzene rings is 3. The van der Waals surface area contributed by atoms with Gasteiger partial charge < -0.3 is 30.0 Å². The van der Waals surface area contributed by atoms with Gasteiger partial charge in [0.1, 0.15) is 27.9 Å². The maximum atomic E-state index is 14.0. The smallest absolute Gasteiger partial charge is 0.340 e. The molecule has 4 N–H and O–H groups in total. The van der Waals surface area contributed by atoms with Crippen molar-refractivity contribution in [3.63, 3.8) is 0 Å². The normalized spacial score (nSPS) is 11.5. The molecular formula is C29H36N4O9S2. The van der Waals surface area contributed by atoms with E-state index in [0.717, 1.165) is 10.4 Å². The largest absolute Gasteiger partial charge is 0.493 e. The molecule has 0 saturated heterocycles. The predicted molar refractivity (Wildman–Crippen MR) is 163 cm³/mol. The van der Waals surface area contributed by atoms with Crippen LogP contribution in [0.25, 0.3) is 0 Å². The van der Waals surface area contributed by atoms with Gasteiger partial charge in [-0.15, -0.1) is 0 Å². The fraction of sp³-hybridized carbons (Fsp3) is 0.310. The molecule has 0 atom stereocenters. The van der Waals surface area contributed by atoms with Crippen molar-refractivity contribution in [3.8, 4) is 11.5 Å². The van der Waals surface area contributed by atoms with E-state index in [-0.39, 0.29) is 51.0 Å². The zero-order valence-corrected chi connectivity index (χ0v) is 26.1. The standard InChI is InChI=1S/C29H36N4O9S2/c1-3-39-28(34)14-15-33(21-23-10-5-4-6-11-23)43(35,36)26-12-7-8-13-27(26)44(37,38)42-25-19-22(2)18-24(20-25)40-16-9-17-41-32-29(30)31/h4-8,10-13,18-20H,3,9,14-17,21H2,1-2H3,(H4,30,31,32). The fourth-order valence-corrected chi connectivity index (χ4v) is 7.10. The van der Waals surface area contributed by atoms with Crippen LogP contribution in [-0.4, -0.2) is 59.4 Å². The lowest BCUT2D eigenvalue weighted by molar-refractivity contribution is -0.143. The summed E-state index contributed by atoms with van der Waals surface area (Å²) < 4.78 is 72.1. The number of nitrogens with two attached hydrogens (primary N) is 2. The Bertz CT molecular complexity index is 1640. The number of guanidine groups is 1. The molecule has 0 aliphatic rings. The molecule has 13 nitrogen and oxygen atoms in total. The number of nitrogens with zero attached hydrogens (tertiary/aromatic N) is 2. The molecule has 3 aromatic rings. The number of rotatable bonds is 17. The van der Waals surface area contributed by atoms with Crippen molar-refractivity contribution in [1.82, 2.24) is 4.31 Å². The molecule has 0 unspecified atom stereocenters. The van der Waals surface area contributed by atoms with Crippen LogP contribution in [0, 0.1) is 6.92 Å². The zero-order chi connectivity index (χ0) is 32.2. The molecule has 0 aromatic heterocycles. The number of sulfonamides is 1. The second-order valence-electron chi connectivity index (χ2n) is 9.40. The third-order valence-corrected chi connectivity index (χ3v) is 9.20. The molecule has 0 bridgehead atoms. The molecule has 0 spiro atoms. The summed E-state index contributed by atoms with van der Waals surface area (Å²) >= 11 is 0. The second kappa shape index (κ2) is 15.9. The van der Waals surface area contributed by atoms with E-state index in [1.807, 2.05) is 0 Å². The first-order chi connectivity index (χ1) is 20.9. The van der Waals surface area contributed by atoms with E-state index in [0.29, 0.717) is 23.3 Å². The zero-order valence-electron chi connectivity index (χ0n) is 24.4. The van der Waals surface area contributed by atoms with Crippen molar-refractivity contribution in [2.75, 3.05) is 26.4 Å². The molecule has 0 heterocycles. The maximum absolute atomic E-state index is 14.0. The van der Waals surface area contributed by atoms with Crippen LogP contribution in [0.1, 0.15) is 30.9 Å². The van der Waals surface area contributed by atoms with Crippen LogP contribution >= 0.6 is 0 Å². The lowest BCUT2D eigenvalue weighted by Crippen LogP contribution is -2.34. The first kappa shape index (κ1) is 34.2. The monoisotopic (exact) mass is 648 g/mol. The number of carbonyl (C=O) groups is 1. The van der Waals surface area contributed by atoms with Crippen molar-refractivity contribution in [1.29, 1.82) is 0 Å². The third-order valence-electron chi connectivity index (χ3n) is 5.86. The van der Waals surface area contributed by atoms with Crippen LogP contribution in [0.3, 0.4) is 0 Å². The highest BCUT2D eigenvalue weighted by atomic mass is 32.2. The van der Waals surface area contributed by atoms with Gasteiger partial charge in [-0.05, 0) is 54.4 Å². The molecule has 0 fully saturated rings. The minimum absolute atomic E-state index is 0.0765. The molecule has 3 rings (SSSR count). The summed E-state index contributed by atoms with van der Waals surface area (Å²) in [7, 11) is -9.11. The first-order valence-corrected chi connectivity index (χ1v) is 16.5. The van der Waals surface area contributed by atoms with E-state index in [9.17, 15) is 21.6 Å². The van der Waals surface area contributed by atoms with E-state index in [1.54, 1.807) is 50.2 Å². The van der Waals surface area contributed by atoms with Gasteiger partial charge in [0.25, 0.3) is 0 Å². The van der Waals surface area contributed by atoms with Gasteiger partial charge in [-0.2, -0.15) is 12.7 Å². The van der Waals surface area contributed by atoms with Crippen molar-refractivity contribution in [2.24, 2.45) is 16.6 Å². The number of aryl methyl sites for hydroxylation is 1. The summed E-state index contributed by atoms with van der Waals surface area (Å²) in [4.78, 5) is 15.9. The van der Waals surface area contributed by atoms with E-state index >= 15 is 0 Å². The van der Waals surface area contributed by atoms with Gasteiger partial charge in [-0.1, -0.05) is 42.5 Å². The van der Waals surface area contributed by atoms with E-state index in [4.69, 9.17) is 30.0 Å². The second-order valence-corrected chi connectivity index (χ2v) is 12.8. The van der Waals surface area contributed by atoms with Gasteiger partial charge in [0, 0.05) is 25.6 Å². The summed E-state index contributed by atoms with van der Waals surface area (Å²) in [5.74, 6) is -0.537. The highest BCUT2D eigenvalue weighted by Gasteiger charge is 2.33. The summed E-state index contributed by atoms with van der Waals surface area (Å²) in [5, 5.41) is 3.41. The highest BCUT2D eigenvalue weighted by molar-refractivity contribution is 7.91. The molecule has 3 aromatic carbocycles. The molecule has 15 heteroatoms. The minimum atomic E-state index is -4.66. The van der Waals surface area contributed by atoms with Gasteiger partial charge in [-0.3, -0.25) is 4.79 Å². The van der Waals surface area contributed by atoms with Crippen LogP contribution in [0.4, 0.5) is 0 Å². The van der Waals surface area contributed by atoms with E-state index in [2.05, 4.69) is 5.16 Å². The summed E-state index contributed by atoms with van der Waals surface area (Å²) in [5.41, 5.74) is 11.7. The van der Waals surface area contributed by atoms with Crippen LogP contribution < -0.4 is 20.4 Å². The Balaban J connectivity index is 1.87. The Kier molecular flexibility index (Phi) is 12.4. The molecule has 44 heavy (non-hydrogen) atoms. The molecule has 238 valence electrons. The fourth-order valence-electron chi connectivity index (χ4n) is 3.98. The number of esters is 1. The molecule has 0 amide bonds. The third kappa shape index (κ3) is 10.1. The molecular weight excluding hydrogens is 612 g/mol. The van der Waals surface area contributed by atoms with Gasteiger partial charge >= 0.3 is 16.1 Å². The Morgan fingerprint density at radius 2 is 1.55 bits per heavy atom. The van der Waals surface area contributed by atoms with Crippen LogP contribution in [0.5, 0.6) is 11.5 Å². The number of hydrogen-bond acceptors (Lipinski definition) is 10. The Labute approximate surface area is 257 Å². The lowest BCUT2D eigenvalue weighted by atomic mass is 10.2. The molecule has 0 aliphatic heterocycles. The SMILES string of the molecule is CCOC(=O)CCN(Cc1ccccc1)S(=O)(=O)c1ccccc1S(=O)(=O)Oc1cc(C)cc(OCCCON=C(N)N)c1. The molecule has 0 radical (unpaired) electrons. The van der Waals surface area contributed by atoms with Crippen LogP contribution in [-0.2, 0) is 41.1 Å². The summed E-state index contributed by atoms with van der Waals surface area (Å²) in [6.07, 6.45) is 0.206. The van der Waals surface area contributed by atoms with Gasteiger partial charge in [-0.25, -0.2) is 8.42 Å². The maximum Gasteiger partial charge on any atom is 0.340 e. The van der Waals surface area contributed by atoms with Crippen molar-refractivity contribution in [2.45, 2.75) is 43.0 Å². The number of carbonyl (C=O) groups excluding carboxylic acids is 1. The quantitative estimate of drug-likeness (QED) is 0.0547. The van der Waals surface area contributed by atoms with Crippen LogP contribution in [0.15, 0.2) is 87.7 Å². The highest BCUT2D eigenvalue weighted by Crippen LogP contribution is 2.30. The van der Waals surface area contributed by atoms with Gasteiger partial charge in [0.15, 0.2) is 0 Å². The number of ether oxygens (including phenoxy) is 2. The molecule has 0 aliphatic carbocycles. The van der Waals surface area contributed by atoms with Crippen molar-refractivity contribution >= 4 is 32.1 Å². The number of hydrogen-bond donors (Lipinski definition) is 2. The number of oxime groups is 1. The predicted octanol–water partition coefficient (Wildman–Crippen LogP) is 2.88. The first-order valence-electron chi connectivity index (χ1n) is 13.6. The van der Waals surface area contributed by atoms with Gasteiger partial charge in [0.2, 0.25) is 16.0 Å². The van der Waals surface area contributed by atoms with Crippen molar-refractivity contribution < 1.29 is 40.1 Å². The lowest BCUT2D eigenvalue weighted by Gasteiger charge is -2.23. The average molecular weight is 649 g/mol. The average Bonchev–Trinajstić information content (AvgIpc) is 2.97. The molecule has 0 saturated carbocycles. The topological polar surface area (TPSA) is 190 Å². The Morgan fingerprint density at radius 3 is 2.23 bits per heavy atom. The minimum Gasteiger partial charge on any atom is -0.493 e. The van der Waals surface area contributed by atoms with E-state index in [1.165, 1.54) is 30.3 Å². The summed E-state index contributed by atoms with van der Waals surface area (Å²) in [6, 6.07) is 18.4. The Morgan fingerprint density at radius 1 is 0.886 bits per heavy atom.